The van der Waals surface area contributed by atoms with Crippen LogP contribution in [0.2, 0.25) is 0 Å². The van der Waals surface area contributed by atoms with Gasteiger partial charge in [-0.15, -0.1) is 0 Å². The highest BCUT2D eigenvalue weighted by Gasteiger charge is 2.27. The Hall–Kier alpha value is -2.50. The topological polar surface area (TPSA) is 106 Å². The fourth-order valence-corrected chi connectivity index (χ4v) is 5.36. The standard InChI is InChI=1S/C24H31N3O6S/c28-24(18-32-17-19-5-2-1-3-6-19)26-23-15-21(34(29,30)27-10-13-31-14-11-27)8-9-22(23)25-16-20-7-4-12-33-20/h1-3,5-6,8-9,15,20,25H,4,7,10-14,16-18H2,(H,26,28). The molecule has 0 bridgehead atoms. The number of carbonyl (C=O) groups excluding carboxylic acids is 1. The Balaban J connectivity index is 1.46. The normalized spacial score (nSPS) is 19.1. The second-order valence-electron chi connectivity index (χ2n) is 8.27. The third-order valence-electron chi connectivity index (χ3n) is 5.76. The number of nitrogens with zero attached hydrogens (tertiary/aromatic N) is 1. The third kappa shape index (κ3) is 6.55. The van der Waals surface area contributed by atoms with Gasteiger partial charge in [-0.2, -0.15) is 4.31 Å². The summed E-state index contributed by atoms with van der Waals surface area (Å²) in [6.45, 7) is 2.80. The molecular weight excluding hydrogens is 458 g/mol. The zero-order chi connectivity index (χ0) is 23.8. The molecule has 2 aromatic rings. The first-order valence-corrected chi connectivity index (χ1v) is 13.0. The number of anilines is 2. The number of nitrogens with one attached hydrogen (secondary N) is 2. The summed E-state index contributed by atoms with van der Waals surface area (Å²) in [5.74, 6) is -0.364. The molecule has 1 unspecified atom stereocenters. The largest absolute Gasteiger partial charge is 0.381 e. The highest BCUT2D eigenvalue weighted by Crippen LogP contribution is 2.28. The number of ether oxygens (including phenoxy) is 3. The second-order valence-corrected chi connectivity index (χ2v) is 10.2. The number of amides is 1. The van der Waals surface area contributed by atoms with E-state index in [2.05, 4.69) is 10.6 Å². The van der Waals surface area contributed by atoms with Crippen LogP contribution in [0, 0.1) is 0 Å². The average molecular weight is 490 g/mol. The number of hydrogen-bond donors (Lipinski definition) is 2. The van der Waals surface area contributed by atoms with Crippen molar-refractivity contribution in [3.05, 3.63) is 54.1 Å². The van der Waals surface area contributed by atoms with Gasteiger partial charge < -0.3 is 24.8 Å². The molecular formula is C24H31N3O6S. The molecule has 2 aromatic carbocycles. The van der Waals surface area contributed by atoms with Crippen LogP contribution in [0.3, 0.4) is 0 Å². The molecule has 2 fully saturated rings. The van der Waals surface area contributed by atoms with E-state index in [0.717, 1.165) is 25.0 Å². The van der Waals surface area contributed by atoms with Crippen LogP contribution in [0.4, 0.5) is 11.4 Å². The summed E-state index contributed by atoms with van der Waals surface area (Å²) < 4.78 is 44.1. The zero-order valence-electron chi connectivity index (χ0n) is 19.1. The first kappa shape index (κ1) is 24.6. The highest BCUT2D eigenvalue weighted by atomic mass is 32.2. The van der Waals surface area contributed by atoms with Crippen LogP contribution in [-0.2, 0) is 35.6 Å². The molecule has 0 aromatic heterocycles. The second kappa shape index (κ2) is 11.8. The molecule has 184 valence electrons. The van der Waals surface area contributed by atoms with Gasteiger partial charge in [0.2, 0.25) is 15.9 Å². The van der Waals surface area contributed by atoms with E-state index >= 15 is 0 Å². The van der Waals surface area contributed by atoms with E-state index in [9.17, 15) is 13.2 Å². The summed E-state index contributed by atoms with van der Waals surface area (Å²) in [7, 11) is -3.70. The maximum atomic E-state index is 13.1. The average Bonchev–Trinajstić information content (AvgIpc) is 3.38. The summed E-state index contributed by atoms with van der Waals surface area (Å²) in [6.07, 6.45) is 2.08. The number of benzene rings is 2. The Kier molecular flexibility index (Phi) is 8.52. The van der Waals surface area contributed by atoms with Crippen molar-refractivity contribution in [1.29, 1.82) is 0 Å². The summed E-state index contributed by atoms with van der Waals surface area (Å²) in [6, 6.07) is 14.3. The molecule has 2 aliphatic heterocycles. The van der Waals surface area contributed by atoms with Crippen LogP contribution >= 0.6 is 0 Å². The Morgan fingerprint density at radius 1 is 1.06 bits per heavy atom. The van der Waals surface area contributed by atoms with Crippen LogP contribution in [0.25, 0.3) is 0 Å². The van der Waals surface area contributed by atoms with Gasteiger partial charge in [-0.3, -0.25) is 4.79 Å². The smallest absolute Gasteiger partial charge is 0.250 e. The monoisotopic (exact) mass is 489 g/mol. The third-order valence-corrected chi connectivity index (χ3v) is 7.66. The molecule has 34 heavy (non-hydrogen) atoms. The lowest BCUT2D eigenvalue weighted by molar-refractivity contribution is -0.121. The minimum Gasteiger partial charge on any atom is -0.381 e. The minimum absolute atomic E-state index is 0.0921. The SMILES string of the molecule is O=C(COCc1ccccc1)Nc1cc(S(=O)(=O)N2CCOCC2)ccc1NCC1CCCO1. The number of rotatable bonds is 10. The van der Waals surface area contributed by atoms with Crippen molar-refractivity contribution < 1.29 is 27.4 Å². The molecule has 2 aliphatic rings. The van der Waals surface area contributed by atoms with Crippen molar-refractivity contribution in [3.8, 4) is 0 Å². The highest BCUT2D eigenvalue weighted by molar-refractivity contribution is 7.89. The van der Waals surface area contributed by atoms with Crippen molar-refractivity contribution in [3.63, 3.8) is 0 Å². The first-order chi connectivity index (χ1) is 16.5. The lowest BCUT2D eigenvalue weighted by Gasteiger charge is -2.26. The zero-order valence-corrected chi connectivity index (χ0v) is 19.9. The van der Waals surface area contributed by atoms with Crippen molar-refractivity contribution >= 4 is 27.3 Å². The molecule has 0 saturated carbocycles. The molecule has 4 rings (SSSR count). The fourth-order valence-electron chi connectivity index (χ4n) is 3.93. The Morgan fingerprint density at radius 2 is 1.85 bits per heavy atom. The molecule has 0 aliphatic carbocycles. The van der Waals surface area contributed by atoms with Crippen molar-refractivity contribution in [1.82, 2.24) is 4.31 Å². The first-order valence-electron chi connectivity index (χ1n) is 11.5. The van der Waals surface area contributed by atoms with E-state index in [1.807, 2.05) is 30.3 Å². The van der Waals surface area contributed by atoms with Gasteiger partial charge in [0, 0.05) is 26.2 Å². The number of morpholine rings is 1. The van der Waals surface area contributed by atoms with Gasteiger partial charge in [0.05, 0.1) is 42.2 Å². The van der Waals surface area contributed by atoms with Gasteiger partial charge >= 0.3 is 0 Å². The molecule has 2 saturated heterocycles. The van der Waals surface area contributed by atoms with Crippen molar-refractivity contribution in [2.24, 2.45) is 0 Å². The predicted molar refractivity (Wildman–Crippen MR) is 128 cm³/mol. The molecule has 2 heterocycles. The summed E-state index contributed by atoms with van der Waals surface area (Å²) >= 11 is 0. The Morgan fingerprint density at radius 3 is 2.59 bits per heavy atom. The number of sulfonamides is 1. The van der Waals surface area contributed by atoms with Crippen LogP contribution in [-0.4, -0.2) is 70.8 Å². The van der Waals surface area contributed by atoms with Crippen molar-refractivity contribution in [2.75, 3.05) is 56.7 Å². The molecule has 0 spiro atoms. The Bertz CT molecular complexity index is 1050. The molecule has 9 nitrogen and oxygen atoms in total. The lowest BCUT2D eigenvalue weighted by atomic mass is 10.2. The molecule has 10 heteroatoms. The minimum atomic E-state index is -3.70. The van der Waals surface area contributed by atoms with Gasteiger partial charge in [-0.1, -0.05) is 30.3 Å². The van der Waals surface area contributed by atoms with E-state index in [1.54, 1.807) is 12.1 Å². The number of hydrogen-bond acceptors (Lipinski definition) is 7. The van der Waals surface area contributed by atoms with Gasteiger partial charge in [0.1, 0.15) is 6.61 Å². The van der Waals surface area contributed by atoms with Gasteiger partial charge in [-0.05, 0) is 36.6 Å². The molecule has 1 amide bonds. The number of carbonyl (C=O) groups is 1. The maximum Gasteiger partial charge on any atom is 0.250 e. The molecule has 1 atom stereocenters. The van der Waals surface area contributed by atoms with E-state index < -0.39 is 10.0 Å². The lowest BCUT2D eigenvalue weighted by Crippen LogP contribution is -2.40. The van der Waals surface area contributed by atoms with Gasteiger partial charge in [-0.25, -0.2) is 8.42 Å². The van der Waals surface area contributed by atoms with E-state index in [1.165, 1.54) is 10.4 Å². The van der Waals surface area contributed by atoms with E-state index in [-0.39, 0.29) is 23.5 Å². The van der Waals surface area contributed by atoms with Crippen LogP contribution in [0.5, 0.6) is 0 Å². The van der Waals surface area contributed by atoms with Crippen LogP contribution < -0.4 is 10.6 Å². The van der Waals surface area contributed by atoms with E-state index in [4.69, 9.17) is 14.2 Å². The van der Waals surface area contributed by atoms with Gasteiger partial charge in [0.25, 0.3) is 0 Å². The molecule has 2 N–H and O–H groups in total. The predicted octanol–water partition coefficient (Wildman–Crippen LogP) is 2.45. The summed E-state index contributed by atoms with van der Waals surface area (Å²) in [4.78, 5) is 12.7. The maximum absolute atomic E-state index is 13.1. The van der Waals surface area contributed by atoms with E-state index in [0.29, 0.717) is 50.8 Å². The van der Waals surface area contributed by atoms with Crippen LogP contribution in [0.15, 0.2) is 53.4 Å². The van der Waals surface area contributed by atoms with Gasteiger partial charge in [0.15, 0.2) is 0 Å². The van der Waals surface area contributed by atoms with Crippen LogP contribution in [0.1, 0.15) is 18.4 Å². The Labute approximate surface area is 200 Å². The van der Waals surface area contributed by atoms with Crippen molar-refractivity contribution in [2.45, 2.75) is 30.4 Å². The fraction of sp³-hybridized carbons (Fsp3) is 0.458. The summed E-state index contributed by atoms with van der Waals surface area (Å²) in [5, 5.41) is 6.10. The molecule has 0 radical (unpaired) electrons. The summed E-state index contributed by atoms with van der Waals surface area (Å²) in [5.41, 5.74) is 1.99. The quantitative estimate of drug-likeness (QED) is 0.528.